The molecule has 0 amide bonds. The van der Waals surface area contributed by atoms with Crippen LogP contribution in [0.2, 0.25) is 0 Å². The van der Waals surface area contributed by atoms with Gasteiger partial charge < -0.3 is 15.8 Å². The molecule has 0 aliphatic rings. The average molecular weight is 285 g/mol. The van der Waals surface area contributed by atoms with Crippen LogP contribution in [0, 0.1) is 0 Å². The van der Waals surface area contributed by atoms with E-state index in [0.29, 0.717) is 17.9 Å². The number of anilines is 2. The SMILES string of the molecule is CCOC(=O)c1cc(NCCc2cccnc2)ccc1N. The third-order valence-electron chi connectivity index (χ3n) is 3.01. The number of esters is 1. The molecule has 0 bridgehead atoms. The number of ether oxygens (including phenoxy) is 1. The van der Waals surface area contributed by atoms with Crippen LogP contribution in [-0.4, -0.2) is 24.1 Å². The molecule has 0 saturated carbocycles. The van der Waals surface area contributed by atoms with E-state index in [1.54, 1.807) is 25.3 Å². The lowest BCUT2D eigenvalue weighted by Crippen LogP contribution is -2.10. The fraction of sp³-hybridized carbons (Fsp3) is 0.250. The maximum absolute atomic E-state index is 11.8. The lowest BCUT2D eigenvalue weighted by Gasteiger charge is -2.10. The minimum absolute atomic E-state index is 0.330. The second-order valence-electron chi connectivity index (χ2n) is 4.56. The first-order chi connectivity index (χ1) is 10.2. The zero-order chi connectivity index (χ0) is 15.1. The van der Waals surface area contributed by atoms with Crippen molar-refractivity contribution in [1.29, 1.82) is 0 Å². The summed E-state index contributed by atoms with van der Waals surface area (Å²) in [7, 11) is 0. The molecular formula is C16H19N3O2. The first kappa shape index (κ1) is 14.8. The summed E-state index contributed by atoms with van der Waals surface area (Å²) in [6, 6.07) is 9.22. The summed E-state index contributed by atoms with van der Waals surface area (Å²) in [5, 5.41) is 3.27. The Kier molecular flexibility index (Phi) is 5.15. The highest BCUT2D eigenvalue weighted by molar-refractivity contribution is 5.96. The molecule has 0 fully saturated rings. The van der Waals surface area contributed by atoms with Gasteiger partial charge in [-0.15, -0.1) is 0 Å². The maximum Gasteiger partial charge on any atom is 0.340 e. The number of nitrogens with one attached hydrogen (secondary N) is 1. The van der Waals surface area contributed by atoms with E-state index >= 15 is 0 Å². The molecule has 0 aliphatic heterocycles. The van der Waals surface area contributed by atoms with Gasteiger partial charge in [0.15, 0.2) is 0 Å². The summed E-state index contributed by atoms with van der Waals surface area (Å²) < 4.78 is 4.98. The number of rotatable bonds is 6. The molecule has 3 N–H and O–H groups in total. The highest BCUT2D eigenvalue weighted by Crippen LogP contribution is 2.19. The standard InChI is InChI=1S/C16H19N3O2/c1-2-21-16(20)14-10-13(5-6-15(14)17)19-9-7-12-4-3-8-18-11-12/h3-6,8,10-11,19H,2,7,9,17H2,1H3. The molecule has 21 heavy (non-hydrogen) atoms. The third kappa shape index (κ3) is 4.21. The van der Waals surface area contributed by atoms with Gasteiger partial charge >= 0.3 is 5.97 Å². The minimum Gasteiger partial charge on any atom is -0.462 e. The molecule has 1 aromatic carbocycles. The molecule has 0 aliphatic carbocycles. The number of nitrogens with two attached hydrogens (primary N) is 1. The van der Waals surface area contributed by atoms with Crippen molar-refractivity contribution >= 4 is 17.3 Å². The van der Waals surface area contributed by atoms with E-state index < -0.39 is 5.97 Å². The number of aromatic nitrogens is 1. The zero-order valence-corrected chi connectivity index (χ0v) is 12.0. The maximum atomic E-state index is 11.8. The van der Waals surface area contributed by atoms with E-state index in [4.69, 9.17) is 10.5 Å². The molecule has 0 atom stereocenters. The Morgan fingerprint density at radius 2 is 2.24 bits per heavy atom. The van der Waals surface area contributed by atoms with Gasteiger partial charge in [0.05, 0.1) is 12.2 Å². The van der Waals surface area contributed by atoms with Crippen molar-refractivity contribution in [3.05, 3.63) is 53.9 Å². The van der Waals surface area contributed by atoms with Crippen molar-refractivity contribution < 1.29 is 9.53 Å². The van der Waals surface area contributed by atoms with Gasteiger partial charge in [-0.25, -0.2) is 4.79 Å². The van der Waals surface area contributed by atoms with Gasteiger partial charge in [-0.2, -0.15) is 0 Å². The van der Waals surface area contributed by atoms with Crippen LogP contribution in [0.4, 0.5) is 11.4 Å². The monoisotopic (exact) mass is 285 g/mol. The van der Waals surface area contributed by atoms with E-state index in [2.05, 4.69) is 10.3 Å². The Bertz CT molecular complexity index is 600. The van der Waals surface area contributed by atoms with Gasteiger partial charge in [-0.3, -0.25) is 4.98 Å². The van der Waals surface area contributed by atoms with E-state index in [9.17, 15) is 4.79 Å². The molecular weight excluding hydrogens is 266 g/mol. The molecule has 0 radical (unpaired) electrons. The van der Waals surface area contributed by atoms with Crippen molar-refractivity contribution in [2.45, 2.75) is 13.3 Å². The predicted molar refractivity (Wildman–Crippen MR) is 83.2 cm³/mol. The smallest absolute Gasteiger partial charge is 0.340 e. The first-order valence-electron chi connectivity index (χ1n) is 6.90. The van der Waals surface area contributed by atoms with Crippen LogP contribution in [0.15, 0.2) is 42.7 Å². The summed E-state index contributed by atoms with van der Waals surface area (Å²) in [6.07, 6.45) is 4.45. The predicted octanol–water partition coefficient (Wildman–Crippen LogP) is 2.50. The molecule has 5 nitrogen and oxygen atoms in total. The Morgan fingerprint density at radius 1 is 1.38 bits per heavy atom. The molecule has 1 aromatic heterocycles. The van der Waals surface area contributed by atoms with Crippen LogP contribution < -0.4 is 11.1 Å². The van der Waals surface area contributed by atoms with Gasteiger partial charge in [0.25, 0.3) is 0 Å². The van der Waals surface area contributed by atoms with Crippen LogP contribution in [0.1, 0.15) is 22.8 Å². The lowest BCUT2D eigenvalue weighted by molar-refractivity contribution is 0.0527. The topological polar surface area (TPSA) is 77.2 Å². The number of nitrogens with zero attached hydrogens (tertiary/aromatic N) is 1. The van der Waals surface area contributed by atoms with Crippen molar-refractivity contribution in [1.82, 2.24) is 4.98 Å². The van der Waals surface area contributed by atoms with Crippen LogP contribution in [-0.2, 0) is 11.2 Å². The molecule has 2 aromatic rings. The van der Waals surface area contributed by atoms with E-state index in [1.165, 1.54) is 0 Å². The van der Waals surface area contributed by atoms with E-state index in [1.807, 2.05) is 24.4 Å². The van der Waals surface area contributed by atoms with Crippen LogP contribution in [0.5, 0.6) is 0 Å². The molecule has 110 valence electrons. The third-order valence-corrected chi connectivity index (χ3v) is 3.01. The number of nitrogen functional groups attached to an aromatic ring is 1. The normalized spacial score (nSPS) is 10.1. The second kappa shape index (κ2) is 7.28. The van der Waals surface area contributed by atoms with Crippen molar-refractivity contribution in [2.24, 2.45) is 0 Å². The minimum atomic E-state index is -0.397. The molecule has 0 unspecified atom stereocenters. The Hall–Kier alpha value is -2.56. The number of carbonyl (C=O) groups excluding carboxylic acids is 1. The quantitative estimate of drug-likeness (QED) is 0.630. The highest BCUT2D eigenvalue weighted by Gasteiger charge is 2.11. The van der Waals surface area contributed by atoms with Gasteiger partial charge in [0, 0.05) is 30.3 Å². The highest BCUT2D eigenvalue weighted by atomic mass is 16.5. The molecule has 1 heterocycles. The molecule has 5 heteroatoms. The van der Waals surface area contributed by atoms with Crippen molar-refractivity contribution in [3.63, 3.8) is 0 Å². The Labute approximate surface area is 124 Å². The molecule has 2 rings (SSSR count). The second-order valence-corrected chi connectivity index (χ2v) is 4.56. The number of carbonyl (C=O) groups is 1. The van der Waals surface area contributed by atoms with Gasteiger partial charge in [0.2, 0.25) is 0 Å². The fourth-order valence-corrected chi connectivity index (χ4v) is 1.95. The summed E-state index contributed by atoms with van der Waals surface area (Å²) in [6.45, 7) is 2.85. The van der Waals surface area contributed by atoms with Gasteiger partial charge in [-0.1, -0.05) is 6.07 Å². The molecule has 0 spiro atoms. The Morgan fingerprint density at radius 3 is 2.95 bits per heavy atom. The van der Waals surface area contributed by atoms with Crippen LogP contribution in [0.3, 0.4) is 0 Å². The number of pyridine rings is 1. The summed E-state index contributed by atoms with van der Waals surface area (Å²) in [5.41, 5.74) is 8.62. The Balaban J connectivity index is 1.97. The largest absolute Gasteiger partial charge is 0.462 e. The fourth-order valence-electron chi connectivity index (χ4n) is 1.95. The average Bonchev–Trinajstić information content (AvgIpc) is 2.50. The summed E-state index contributed by atoms with van der Waals surface area (Å²) in [4.78, 5) is 15.8. The van der Waals surface area contributed by atoms with Crippen molar-refractivity contribution in [2.75, 3.05) is 24.2 Å². The summed E-state index contributed by atoms with van der Waals surface area (Å²) in [5.74, 6) is -0.397. The van der Waals surface area contributed by atoms with Gasteiger partial charge in [-0.05, 0) is 43.2 Å². The molecule has 0 saturated heterocycles. The number of hydrogen-bond acceptors (Lipinski definition) is 5. The van der Waals surface area contributed by atoms with Crippen molar-refractivity contribution in [3.8, 4) is 0 Å². The van der Waals surface area contributed by atoms with Crippen LogP contribution in [0.25, 0.3) is 0 Å². The first-order valence-corrected chi connectivity index (χ1v) is 6.90. The van der Waals surface area contributed by atoms with E-state index in [-0.39, 0.29) is 0 Å². The van der Waals surface area contributed by atoms with Gasteiger partial charge in [0.1, 0.15) is 0 Å². The lowest BCUT2D eigenvalue weighted by atomic mass is 10.1. The van der Waals surface area contributed by atoms with E-state index in [0.717, 1.165) is 24.2 Å². The number of hydrogen-bond donors (Lipinski definition) is 2. The number of benzene rings is 1. The zero-order valence-electron chi connectivity index (χ0n) is 12.0. The summed E-state index contributed by atoms with van der Waals surface area (Å²) >= 11 is 0. The van der Waals surface area contributed by atoms with Crippen LogP contribution >= 0.6 is 0 Å².